The summed E-state index contributed by atoms with van der Waals surface area (Å²) < 4.78 is 0. The summed E-state index contributed by atoms with van der Waals surface area (Å²) in [6.07, 6.45) is 0.817. The lowest BCUT2D eigenvalue weighted by Gasteiger charge is -2.05. The molecule has 0 amide bonds. The molecule has 0 bridgehead atoms. The van der Waals surface area contributed by atoms with Crippen LogP contribution in [-0.2, 0) is 6.42 Å². The van der Waals surface area contributed by atoms with Crippen molar-refractivity contribution < 1.29 is 5.11 Å². The summed E-state index contributed by atoms with van der Waals surface area (Å²) in [6, 6.07) is 3.58. The summed E-state index contributed by atoms with van der Waals surface area (Å²) >= 11 is 0. The molecule has 1 aromatic carbocycles. The number of rotatable bonds is 1. The Kier molecular flexibility index (Phi) is 2.03. The zero-order chi connectivity index (χ0) is 8.43. The highest BCUT2D eigenvalue weighted by molar-refractivity contribution is 5.52. The van der Waals surface area contributed by atoms with E-state index in [2.05, 4.69) is 0 Å². The van der Waals surface area contributed by atoms with E-state index in [4.69, 9.17) is 5.73 Å². The van der Waals surface area contributed by atoms with E-state index in [1.165, 1.54) is 0 Å². The number of aryl methyl sites for hydroxylation is 2. The SMILES string of the molecule is CCc1cc(N)cc(C)c1O. The van der Waals surface area contributed by atoms with Crippen LogP contribution in [-0.4, -0.2) is 5.11 Å². The van der Waals surface area contributed by atoms with Crippen LogP contribution >= 0.6 is 0 Å². The van der Waals surface area contributed by atoms with Crippen molar-refractivity contribution >= 4 is 5.69 Å². The summed E-state index contributed by atoms with van der Waals surface area (Å²) in [4.78, 5) is 0. The van der Waals surface area contributed by atoms with Crippen molar-refractivity contribution in [2.24, 2.45) is 0 Å². The van der Waals surface area contributed by atoms with E-state index < -0.39 is 0 Å². The molecule has 0 aliphatic carbocycles. The van der Waals surface area contributed by atoms with Crippen LogP contribution in [0.5, 0.6) is 5.75 Å². The Labute approximate surface area is 66.7 Å². The highest BCUT2D eigenvalue weighted by Crippen LogP contribution is 2.24. The third kappa shape index (κ3) is 1.45. The Morgan fingerprint density at radius 2 is 2.09 bits per heavy atom. The molecule has 0 saturated heterocycles. The molecule has 0 saturated carbocycles. The van der Waals surface area contributed by atoms with Crippen molar-refractivity contribution in [3.05, 3.63) is 23.3 Å². The molecule has 0 unspecified atom stereocenters. The lowest BCUT2D eigenvalue weighted by molar-refractivity contribution is 0.465. The first kappa shape index (κ1) is 7.92. The van der Waals surface area contributed by atoms with Crippen LogP contribution < -0.4 is 5.73 Å². The average Bonchev–Trinajstić information content (AvgIpc) is 1.96. The minimum atomic E-state index is 0.377. The van der Waals surface area contributed by atoms with Gasteiger partial charge in [0.2, 0.25) is 0 Å². The van der Waals surface area contributed by atoms with Crippen LogP contribution in [0.4, 0.5) is 5.69 Å². The van der Waals surface area contributed by atoms with Gasteiger partial charge in [-0.2, -0.15) is 0 Å². The third-order valence-corrected chi connectivity index (χ3v) is 1.78. The van der Waals surface area contributed by atoms with Gasteiger partial charge in [0.25, 0.3) is 0 Å². The van der Waals surface area contributed by atoms with Crippen molar-refractivity contribution in [1.82, 2.24) is 0 Å². The first-order valence-electron chi connectivity index (χ1n) is 3.73. The van der Waals surface area contributed by atoms with Crippen molar-refractivity contribution in [1.29, 1.82) is 0 Å². The molecule has 60 valence electrons. The number of nitrogens with two attached hydrogens (primary N) is 1. The van der Waals surface area contributed by atoms with Gasteiger partial charge in [0.15, 0.2) is 0 Å². The van der Waals surface area contributed by atoms with E-state index in [0.29, 0.717) is 5.75 Å². The second-order valence-electron chi connectivity index (χ2n) is 2.70. The monoisotopic (exact) mass is 151 g/mol. The lowest BCUT2D eigenvalue weighted by Crippen LogP contribution is -1.90. The molecule has 0 aromatic heterocycles. The van der Waals surface area contributed by atoms with Crippen LogP contribution in [0.2, 0.25) is 0 Å². The molecule has 2 nitrogen and oxygen atoms in total. The van der Waals surface area contributed by atoms with Crippen LogP contribution in [0, 0.1) is 6.92 Å². The van der Waals surface area contributed by atoms with Crippen LogP contribution in [0.1, 0.15) is 18.1 Å². The quantitative estimate of drug-likeness (QED) is 0.475. The molecule has 2 heteroatoms. The van der Waals surface area contributed by atoms with Gasteiger partial charge >= 0.3 is 0 Å². The zero-order valence-corrected chi connectivity index (χ0v) is 6.89. The molecule has 0 aliphatic rings. The van der Waals surface area contributed by atoms with Gasteiger partial charge < -0.3 is 10.8 Å². The smallest absolute Gasteiger partial charge is 0.121 e. The van der Waals surface area contributed by atoms with E-state index in [0.717, 1.165) is 23.2 Å². The van der Waals surface area contributed by atoms with Crippen molar-refractivity contribution in [2.45, 2.75) is 20.3 Å². The summed E-state index contributed by atoms with van der Waals surface area (Å²) in [5.41, 5.74) is 8.08. The maximum absolute atomic E-state index is 9.47. The van der Waals surface area contributed by atoms with Crippen LogP contribution in [0.3, 0.4) is 0 Å². The highest BCUT2D eigenvalue weighted by Gasteiger charge is 2.02. The van der Waals surface area contributed by atoms with Gasteiger partial charge in [-0.3, -0.25) is 0 Å². The van der Waals surface area contributed by atoms with E-state index in [1.807, 2.05) is 19.9 Å². The minimum Gasteiger partial charge on any atom is -0.507 e. The number of hydrogen-bond acceptors (Lipinski definition) is 2. The Bertz CT molecular complexity index is 269. The van der Waals surface area contributed by atoms with Crippen molar-refractivity contribution in [2.75, 3.05) is 5.73 Å². The lowest BCUT2D eigenvalue weighted by atomic mass is 10.1. The molecule has 0 radical (unpaired) electrons. The predicted molar refractivity (Wildman–Crippen MR) is 46.6 cm³/mol. The molecular formula is C9H13NO. The van der Waals surface area contributed by atoms with E-state index in [9.17, 15) is 5.11 Å². The van der Waals surface area contributed by atoms with Gasteiger partial charge in [-0.25, -0.2) is 0 Å². The number of nitrogen functional groups attached to an aromatic ring is 1. The Balaban J connectivity index is 3.24. The molecule has 0 fully saturated rings. The topological polar surface area (TPSA) is 46.2 Å². The van der Waals surface area contributed by atoms with E-state index >= 15 is 0 Å². The summed E-state index contributed by atoms with van der Waals surface area (Å²) in [7, 11) is 0. The minimum absolute atomic E-state index is 0.377. The Morgan fingerprint density at radius 3 is 2.64 bits per heavy atom. The molecule has 11 heavy (non-hydrogen) atoms. The van der Waals surface area contributed by atoms with Gasteiger partial charge in [0.1, 0.15) is 5.75 Å². The van der Waals surface area contributed by atoms with Crippen molar-refractivity contribution in [3.8, 4) is 5.75 Å². The second-order valence-corrected chi connectivity index (χ2v) is 2.70. The maximum Gasteiger partial charge on any atom is 0.121 e. The van der Waals surface area contributed by atoms with Gasteiger partial charge in [-0.15, -0.1) is 0 Å². The average molecular weight is 151 g/mol. The van der Waals surface area contributed by atoms with E-state index in [1.54, 1.807) is 6.07 Å². The van der Waals surface area contributed by atoms with Gasteiger partial charge in [-0.1, -0.05) is 6.92 Å². The predicted octanol–water partition coefficient (Wildman–Crippen LogP) is 1.85. The molecule has 0 spiro atoms. The van der Waals surface area contributed by atoms with Crippen LogP contribution in [0.25, 0.3) is 0 Å². The van der Waals surface area contributed by atoms with E-state index in [-0.39, 0.29) is 0 Å². The number of anilines is 1. The number of benzene rings is 1. The Hall–Kier alpha value is -1.18. The molecule has 1 aromatic rings. The molecule has 0 atom stereocenters. The number of aromatic hydroxyl groups is 1. The fourth-order valence-electron chi connectivity index (χ4n) is 1.15. The number of phenols is 1. The molecular weight excluding hydrogens is 138 g/mol. The number of phenolic OH excluding ortho intramolecular Hbond substituents is 1. The maximum atomic E-state index is 9.47. The Morgan fingerprint density at radius 1 is 1.45 bits per heavy atom. The standard InChI is InChI=1S/C9H13NO/c1-3-7-5-8(10)4-6(2)9(7)11/h4-5,11H,3,10H2,1-2H3. The summed E-state index contributed by atoms with van der Waals surface area (Å²) in [6.45, 7) is 3.85. The largest absolute Gasteiger partial charge is 0.507 e. The number of hydrogen-bond donors (Lipinski definition) is 2. The fourth-order valence-corrected chi connectivity index (χ4v) is 1.15. The van der Waals surface area contributed by atoms with Gasteiger partial charge in [0.05, 0.1) is 0 Å². The highest BCUT2D eigenvalue weighted by atomic mass is 16.3. The summed E-state index contributed by atoms with van der Waals surface area (Å²) in [5, 5.41) is 9.47. The van der Waals surface area contributed by atoms with Gasteiger partial charge in [0, 0.05) is 5.69 Å². The molecule has 0 heterocycles. The third-order valence-electron chi connectivity index (χ3n) is 1.78. The van der Waals surface area contributed by atoms with Crippen LogP contribution in [0.15, 0.2) is 12.1 Å². The zero-order valence-electron chi connectivity index (χ0n) is 6.89. The normalized spacial score (nSPS) is 10.0. The first-order chi connectivity index (χ1) is 5.15. The second kappa shape index (κ2) is 2.82. The van der Waals surface area contributed by atoms with Gasteiger partial charge in [-0.05, 0) is 36.6 Å². The fraction of sp³-hybridized carbons (Fsp3) is 0.333. The van der Waals surface area contributed by atoms with Crippen molar-refractivity contribution in [3.63, 3.8) is 0 Å². The molecule has 3 N–H and O–H groups in total. The molecule has 0 aliphatic heterocycles. The molecule has 1 rings (SSSR count). The first-order valence-corrected chi connectivity index (χ1v) is 3.73. The summed E-state index contributed by atoms with van der Waals surface area (Å²) in [5.74, 6) is 0.377.